The van der Waals surface area contributed by atoms with Crippen LogP contribution in [-0.4, -0.2) is 30.1 Å². The zero-order valence-electron chi connectivity index (χ0n) is 9.41. The summed E-state index contributed by atoms with van der Waals surface area (Å²) in [6, 6.07) is -0.431. The van der Waals surface area contributed by atoms with E-state index >= 15 is 0 Å². The van der Waals surface area contributed by atoms with Crippen LogP contribution in [-0.2, 0) is 9.53 Å². The van der Waals surface area contributed by atoms with E-state index in [0.717, 1.165) is 18.6 Å². The van der Waals surface area contributed by atoms with Gasteiger partial charge in [0.05, 0.1) is 0 Å². The fourth-order valence-electron chi connectivity index (χ4n) is 1.80. The Bertz CT molecular complexity index is 193. The average Bonchev–Trinajstić information content (AvgIpc) is 2.27. The third kappa shape index (κ3) is 4.89. The second-order valence-corrected chi connectivity index (χ2v) is 5.07. The lowest BCUT2D eigenvalue weighted by molar-refractivity contribution is -0.152. The smallest absolute Gasteiger partial charge is 0.323 e. The first-order valence-electron chi connectivity index (χ1n) is 5.69. The minimum atomic E-state index is -0.431. The summed E-state index contributed by atoms with van der Waals surface area (Å²) in [6.07, 6.45) is 8.52. The molecule has 1 fully saturated rings. The van der Waals surface area contributed by atoms with Crippen molar-refractivity contribution in [3.63, 3.8) is 0 Å². The number of nitrogens with two attached hydrogens (primary N) is 1. The lowest BCUT2D eigenvalue weighted by Gasteiger charge is -2.23. The first-order chi connectivity index (χ1) is 7.24. The highest BCUT2D eigenvalue weighted by Gasteiger charge is 2.21. The molecule has 3 nitrogen and oxygen atoms in total. The highest BCUT2D eigenvalue weighted by atomic mass is 32.2. The molecule has 0 bridgehead atoms. The number of carbonyl (C=O) groups excluding carboxylic acids is 1. The zero-order valence-corrected chi connectivity index (χ0v) is 10.2. The van der Waals surface area contributed by atoms with Crippen LogP contribution in [0.3, 0.4) is 0 Å². The summed E-state index contributed by atoms with van der Waals surface area (Å²) < 4.78 is 5.38. The van der Waals surface area contributed by atoms with Crippen molar-refractivity contribution in [3.05, 3.63) is 0 Å². The van der Waals surface area contributed by atoms with Crippen molar-refractivity contribution >= 4 is 17.7 Å². The van der Waals surface area contributed by atoms with Crippen molar-refractivity contribution in [2.75, 3.05) is 12.0 Å². The van der Waals surface area contributed by atoms with Gasteiger partial charge in [-0.05, 0) is 44.1 Å². The summed E-state index contributed by atoms with van der Waals surface area (Å²) in [7, 11) is 0. The maximum Gasteiger partial charge on any atom is 0.323 e. The number of esters is 1. The van der Waals surface area contributed by atoms with Crippen LogP contribution in [0, 0.1) is 0 Å². The molecular formula is C11H21NO2S. The van der Waals surface area contributed by atoms with E-state index in [1.54, 1.807) is 11.8 Å². The Morgan fingerprint density at radius 1 is 1.47 bits per heavy atom. The summed E-state index contributed by atoms with van der Waals surface area (Å²) in [4.78, 5) is 11.6. The van der Waals surface area contributed by atoms with Crippen LogP contribution in [0.5, 0.6) is 0 Å². The van der Waals surface area contributed by atoms with Gasteiger partial charge in [-0.1, -0.05) is 6.42 Å². The Hall–Kier alpha value is -0.220. The average molecular weight is 231 g/mol. The van der Waals surface area contributed by atoms with Gasteiger partial charge in [0.15, 0.2) is 0 Å². The van der Waals surface area contributed by atoms with Crippen molar-refractivity contribution in [1.82, 2.24) is 0 Å². The van der Waals surface area contributed by atoms with Crippen molar-refractivity contribution in [3.8, 4) is 0 Å². The van der Waals surface area contributed by atoms with Gasteiger partial charge in [-0.2, -0.15) is 11.8 Å². The van der Waals surface area contributed by atoms with Gasteiger partial charge < -0.3 is 10.5 Å². The quantitative estimate of drug-likeness (QED) is 0.735. The summed E-state index contributed by atoms with van der Waals surface area (Å²) >= 11 is 1.71. The van der Waals surface area contributed by atoms with Crippen LogP contribution in [0.15, 0.2) is 0 Å². The number of hydrogen-bond donors (Lipinski definition) is 1. The van der Waals surface area contributed by atoms with Crippen LogP contribution in [0.4, 0.5) is 0 Å². The monoisotopic (exact) mass is 231 g/mol. The van der Waals surface area contributed by atoms with Crippen molar-refractivity contribution in [2.45, 2.75) is 50.7 Å². The molecule has 0 aromatic carbocycles. The second kappa shape index (κ2) is 7.12. The minimum Gasteiger partial charge on any atom is -0.461 e. The molecule has 0 aromatic heterocycles. The molecule has 1 rings (SSSR count). The lowest BCUT2D eigenvalue weighted by Crippen LogP contribution is -2.36. The van der Waals surface area contributed by atoms with Gasteiger partial charge in [0.1, 0.15) is 12.1 Å². The molecule has 1 aliphatic rings. The number of rotatable bonds is 5. The molecule has 0 aliphatic heterocycles. The lowest BCUT2D eigenvalue weighted by atomic mass is 9.98. The Kier molecular flexibility index (Phi) is 6.10. The van der Waals surface area contributed by atoms with Gasteiger partial charge >= 0.3 is 5.97 Å². The van der Waals surface area contributed by atoms with Gasteiger partial charge in [0.2, 0.25) is 0 Å². The Balaban J connectivity index is 2.20. The summed E-state index contributed by atoms with van der Waals surface area (Å²) in [5.41, 5.74) is 5.73. The molecule has 15 heavy (non-hydrogen) atoms. The second-order valence-electron chi connectivity index (χ2n) is 4.08. The van der Waals surface area contributed by atoms with E-state index < -0.39 is 6.04 Å². The van der Waals surface area contributed by atoms with Crippen LogP contribution in [0.25, 0.3) is 0 Å². The van der Waals surface area contributed by atoms with Crippen LogP contribution in [0.2, 0.25) is 0 Å². The Morgan fingerprint density at radius 2 is 2.13 bits per heavy atom. The highest BCUT2D eigenvalue weighted by molar-refractivity contribution is 7.98. The van der Waals surface area contributed by atoms with Crippen LogP contribution < -0.4 is 5.73 Å². The molecule has 88 valence electrons. The maximum absolute atomic E-state index is 11.6. The van der Waals surface area contributed by atoms with Crippen molar-refractivity contribution < 1.29 is 9.53 Å². The summed E-state index contributed by atoms with van der Waals surface area (Å²) in [6.45, 7) is 0. The largest absolute Gasteiger partial charge is 0.461 e. The van der Waals surface area contributed by atoms with Gasteiger partial charge in [-0.25, -0.2) is 0 Å². The molecule has 1 aliphatic carbocycles. The third-order valence-corrected chi connectivity index (χ3v) is 3.41. The fourth-order valence-corrected chi connectivity index (χ4v) is 2.29. The zero-order chi connectivity index (χ0) is 11.1. The van der Waals surface area contributed by atoms with Crippen molar-refractivity contribution in [1.29, 1.82) is 0 Å². The molecule has 0 aromatic rings. The highest BCUT2D eigenvalue weighted by Crippen LogP contribution is 2.20. The minimum absolute atomic E-state index is 0.131. The normalized spacial score (nSPS) is 19.9. The number of thioether (sulfide) groups is 1. The molecular weight excluding hydrogens is 210 g/mol. The summed E-state index contributed by atoms with van der Waals surface area (Å²) in [5, 5.41) is 0. The molecule has 0 heterocycles. The predicted molar refractivity (Wildman–Crippen MR) is 63.9 cm³/mol. The first-order valence-corrected chi connectivity index (χ1v) is 7.08. The summed E-state index contributed by atoms with van der Waals surface area (Å²) in [5.74, 6) is 0.706. The molecule has 2 N–H and O–H groups in total. The van der Waals surface area contributed by atoms with Gasteiger partial charge in [-0.3, -0.25) is 4.79 Å². The number of carbonyl (C=O) groups is 1. The molecule has 1 atom stereocenters. The molecule has 0 radical (unpaired) electrons. The number of hydrogen-bond acceptors (Lipinski definition) is 4. The van der Waals surface area contributed by atoms with Gasteiger partial charge in [-0.15, -0.1) is 0 Å². The molecule has 1 unspecified atom stereocenters. The van der Waals surface area contributed by atoms with Gasteiger partial charge in [0, 0.05) is 0 Å². The topological polar surface area (TPSA) is 52.3 Å². The number of ether oxygens (including phenoxy) is 1. The van der Waals surface area contributed by atoms with E-state index in [0.29, 0.717) is 6.42 Å². The van der Waals surface area contributed by atoms with E-state index in [1.807, 2.05) is 6.26 Å². The van der Waals surface area contributed by atoms with E-state index in [9.17, 15) is 4.79 Å². The molecule has 4 heteroatoms. The van der Waals surface area contributed by atoms with E-state index in [4.69, 9.17) is 10.5 Å². The van der Waals surface area contributed by atoms with Gasteiger partial charge in [0.25, 0.3) is 0 Å². The molecule has 0 saturated heterocycles. The predicted octanol–water partition coefficient (Wildman–Crippen LogP) is 1.94. The SMILES string of the molecule is CSCCC(N)C(=O)OC1CCCCC1. The van der Waals surface area contributed by atoms with E-state index in [-0.39, 0.29) is 12.1 Å². The fraction of sp³-hybridized carbons (Fsp3) is 0.909. The Labute approximate surface area is 96.1 Å². The maximum atomic E-state index is 11.6. The Morgan fingerprint density at radius 3 is 2.73 bits per heavy atom. The van der Waals surface area contributed by atoms with E-state index in [2.05, 4.69) is 0 Å². The standard InChI is InChI=1S/C11H21NO2S/c1-15-8-7-10(12)11(13)14-9-5-3-2-4-6-9/h9-10H,2-8,12H2,1H3. The molecule has 0 spiro atoms. The first kappa shape index (κ1) is 12.8. The van der Waals surface area contributed by atoms with Crippen molar-refractivity contribution in [2.24, 2.45) is 5.73 Å². The van der Waals surface area contributed by atoms with Crippen LogP contribution >= 0.6 is 11.8 Å². The van der Waals surface area contributed by atoms with Crippen LogP contribution in [0.1, 0.15) is 38.5 Å². The third-order valence-electron chi connectivity index (χ3n) is 2.77. The molecule has 0 amide bonds. The van der Waals surface area contributed by atoms with E-state index in [1.165, 1.54) is 19.3 Å². The molecule has 1 saturated carbocycles.